The van der Waals surface area contributed by atoms with Gasteiger partial charge in [0.15, 0.2) is 10.9 Å². The fourth-order valence-electron chi connectivity index (χ4n) is 3.52. The molecular formula is C21H21FN4O3S. The molecule has 0 unspecified atom stereocenters. The van der Waals surface area contributed by atoms with Gasteiger partial charge in [0, 0.05) is 24.8 Å². The molecule has 0 spiro atoms. The number of hydrogen-bond donors (Lipinski definition) is 1. The molecule has 0 atom stereocenters. The van der Waals surface area contributed by atoms with Gasteiger partial charge >= 0.3 is 0 Å². The van der Waals surface area contributed by atoms with E-state index in [9.17, 15) is 14.0 Å². The summed E-state index contributed by atoms with van der Waals surface area (Å²) in [7, 11) is 0. The lowest BCUT2D eigenvalue weighted by Crippen LogP contribution is -2.46. The Morgan fingerprint density at radius 1 is 1.20 bits per heavy atom. The third kappa shape index (κ3) is 4.11. The second-order valence-corrected chi connectivity index (χ2v) is 7.73. The smallest absolute Gasteiger partial charge is 0.289 e. The van der Waals surface area contributed by atoms with Gasteiger partial charge in [-0.05, 0) is 55.5 Å². The number of benzene rings is 1. The zero-order chi connectivity index (χ0) is 21.1. The van der Waals surface area contributed by atoms with Crippen molar-refractivity contribution in [3.8, 4) is 5.69 Å². The van der Waals surface area contributed by atoms with E-state index in [2.05, 4.69) is 10.3 Å². The lowest BCUT2D eigenvalue weighted by Gasteiger charge is -2.31. The second kappa shape index (κ2) is 8.74. The normalized spacial score (nSPS) is 14.7. The highest BCUT2D eigenvalue weighted by molar-refractivity contribution is 7.98. The topological polar surface area (TPSA) is 80.4 Å². The van der Waals surface area contributed by atoms with Gasteiger partial charge in [-0.3, -0.25) is 14.2 Å². The maximum atomic E-state index is 13.3. The van der Waals surface area contributed by atoms with E-state index in [0.717, 1.165) is 0 Å². The van der Waals surface area contributed by atoms with Gasteiger partial charge in [0.25, 0.3) is 11.8 Å². The molecule has 0 bridgehead atoms. The van der Waals surface area contributed by atoms with Crippen LogP contribution in [0.1, 0.15) is 33.9 Å². The number of hydrogen-bond acceptors (Lipinski definition) is 5. The molecule has 1 aromatic carbocycles. The lowest BCUT2D eigenvalue weighted by molar-refractivity contribution is 0.0667. The zero-order valence-corrected chi connectivity index (χ0v) is 17.2. The van der Waals surface area contributed by atoms with Gasteiger partial charge in [0.05, 0.1) is 12.5 Å². The van der Waals surface area contributed by atoms with Crippen molar-refractivity contribution < 1.29 is 18.4 Å². The molecule has 0 radical (unpaired) electrons. The van der Waals surface area contributed by atoms with Gasteiger partial charge in [-0.15, -0.1) is 0 Å². The average molecular weight is 428 g/mol. The van der Waals surface area contributed by atoms with Crippen LogP contribution in [0.4, 0.5) is 4.39 Å². The number of furan rings is 1. The minimum Gasteiger partial charge on any atom is -0.459 e. The summed E-state index contributed by atoms with van der Waals surface area (Å²) in [5, 5.41) is 3.69. The molecule has 2 aromatic heterocycles. The van der Waals surface area contributed by atoms with Crippen molar-refractivity contribution in [3.05, 3.63) is 66.1 Å². The summed E-state index contributed by atoms with van der Waals surface area (Å²) >= 11 is 1.41. The first-order valence-electron chi connectivity index (χ1n) is 9.58. The summed E-state index contributed by atoms with van der Waals surface area (Å²) in [5.41, 5.74) is 1.06. The average Bonchev–Trinajstić information content (AvgIpc) is 3.44. The molecule has 0 aliphatic carbocycles. The van der Waals surface area contributed by atoms with Crippen LogP contribution >= 0.6 is 11.8 Å². The van der Waals surface area contributed by atoms with Crippen molar-refractivity contribution in [2.24, 2.45) is 0 Å². The summed E-state index contributed by atoms with van der Waals surface area (Å²) in [5.74, 6) is -0.400. The molecule has 1 N–H and O–H groups in total. The van der Waals surface area contributed by atoms with Crippen molar-refractivity contribution in [2.45, 2.75) is 24.0 Å². The first-order chi connectivity index (χ1) is 14.6. The van der Waals surface area contributed by atoms with E-state index in [4.69, 9.17) is 4.42 Å². The molecule has 1 saturated heterocycles. The molecule has 0 saturated carbocycles. The maximum absolute atomic E-state index is 13.3. The van der Waals surface area contributed by atoms with Gasteiger partial charge in [-0.25, -0.2) is 9.37 Å². The number of carbonyl (C=O) groups excluding carboxylic acids is 2. The second-order valence-electron chi connectivity index (χ2n) is 6.96. The van der Waals surface area contributed by atoms with Crippen LogP contribution in [0.2, 0.25) is 0 Å². The fraction of sp³-hybridized carbons (Fsp3) is 0.286. The van der Waals surface area contributed by atoms with E-state index < -0.39 is 0 Å². The maximum Gasteiger partial charge on any atom is 0.289 e. The summed E-state index contributed by atoms with van der Waals surface area (Å²) in [6.45, 7) is 1.08. The fourth-order valence-corrected chi connectivity index (χ4v) is 4.07. The van der Waals surface area contributed by atoms with E-state index >= 15 is 0 Å². The molecule has 1 aliphatic rings. The van der Waals surface area contributed by atoms with Crippen molar-refractivity contribution in [1.29, 1.82) is 0 Å². The van der Waals surface area contributed by atoms with Gasteiger partial charge < -0.3 is 14.6 Å². The Morgan fingerprint density at radius 3 is 2.57 bits per heavy atom. The predicted octanol–water partition coefficient (Wildman–Crippen LogP) is 3.36. The molecule has 3 aromatic rings. The zero-order valence-electron chi connectivity index (χ0n) is 16.4. The van der Waals surface area contributed by atoms with E-state index in [0.29, 0.717) is 48.2 Å². The first-order valence-corrected chi connectivity index (χ1v) is 10.8. The van der Waals surface area contributed by atoms with Gasteiger partial charge in [-0.1, -0.05) is 11.8 Å². The van der Waals surface area contributed by atoms with Crippen LogP contribution in [-0.4, -0.2) is 51.7 Å². The molecule has 3 heterocycles. The lowest BCUT2D eigenvalue weighted by atomic mass is 10.0. The van der Waals surface area contributed by atoms with Crippen LogP contribution < -0.4 is 5.32 Å². The highest BCUT2D eigenvalue weighted by Gasteiger charge is 2.27. The van der Waals surface area contributed by atoms with Crippen LogP contribution in [0.3, 0.4) is 0 Å². The van der Waals surface area contributed by atoms with Crippen LogP contribution in [-0.2, 0) is 0 Å². The van der Waals surface area contributed by atoms with E-state index in [1.807, 2.05) is 6.26 Å². The van der Waals surface area contributed by atoms with E-state index in [1.54, 1.807) is 33.7 Å². The first kappa shape index (κ1) is 20.2. The number of halogens is 1. The number of amides is 2. The number of piperidine rings is 1. The summed E-state index contributed by atoms with van der Waals surface area (Å²) in [6, 6.07) is 9.23. The monoisotopic (exact) mass is 428 g/mol. The minimum atomic E-state index is -0.341. The van der Waals surface area contributed by atoms with Crippen LogP contribution in [0.5, 0.6) is 0 Å². The molecule has 7 nitrogen and oxygen atoms in total. The molecule has 2 amide bonds. The molecule has 30 heavy (non-hydrogen) atoms. The highest BCUT2D eigenvalue weighted by Crippen LogP contribution is 2.23. The van der Waals surface area contributed by atoms with E-state index in [1.165, 1.54) is 36.4 Å². The van der Waals surface area contributed by atoms with Crippen LogP contribution in [0.15, 0.2) is 58.4 Å². The third-order valence-electron chi connectivity index (χ3n) is 5.08. The Balaban J connectivity index is 1.43. The molecule has 4 rings (SSSR count). The number of nitrogens with one attached hydrogen (secondary N) is 1. The molecule has 1 fully saturated rings. The SMILES string of the molecule is CSc1ncc(C(=O)NC2CCN(C(=O)c3ccco3)CC2)n1-c1ccc(F)cc1. The van der Waals surface area contributed by atoms with Crippen LogP contribution in [0.25, 0.3) is 5.69 Å². The third-order valence-corrected chi connectivity index (χ3v) is 5.73. The summed E-state index contributed by atoms with van der Waals surface area (Å²) in [6.07, 6.45) is 6.18. The van der Waals surface area contributed by atoms with Crippen molar-refractivity contribution >= 4 is 23.6 Å². The Hall–Kier alpha value is -3.07. The Kier molecular flexibility index (Phi) is 5.89. The van der Waals surface area contributed by atoms with Crippen molar-refractivity contribution in [2.75, 3.05) is 19.3 Å². The van der Waals surface area contributed by atoms with E-state index in [-0.39, 0.29) is 23.7 Å². The Bertz CT molecular complexity index is 1030. The van der Waals surface area contributed by atoms with Crippen molar-refractivity contribution in [3.63, 3.8) is 0 Å². The standard InChI is InChI=1S/C21H21FN4O3S/c1-30-21-23-13-17(26(21)16-6-4-14(22)5-7-16)19(27)24-15-8-10-25(11-9-15)20(28)18-3-2-12-29-18/h2-7,12-13,15H,8-11H2,1H3,(H,24,27). The van der Waals surface area contributed by atoms with Gasteiger partial charge in [-0.2, -0.15) is 0 Å². The number of aromatic nitrogens is 2. The number of nitrogens with zero attached hydrogens (tertiary/aromatic N) is 3. The Labute approximate surface area is 177 Å². The highest BCUT2D eigenvalue weighted by atomic mass is 32.2. The quantitative estimate of drug-likeness (QED) is 0.631. The predicted molar refractivity (Wildman–Crippen MR) is 110 cm³/mol. The number of likely N-dealkylation sites (tertiary alicyclic amines) is 1. The number of rotatable bonds is 5. The largest absolute Gasteiger partial charge is 0.459 e. The molecular weight excluding hydrogens is 407 g/mol. The molecule has 156 valence electrons. The molecule has 9 heteroatoms. The number of imidazole rings is 1. The molecule has 1 aliphatic heterocycles. The number of thioether (sulfide) groups is 1. The van der Waals surface area contributed by atoms with Crippen LogP contribution in [0, 0.1) is 5.82 Å². The minimum absolute atomic E-state index is 0.0487. The van der Waals surface area contributed by atoms with Crippen molar-refractivity contribution in [1.82, 2.24) is 19.8 Å². The Morgan fingerprint density at radius 2 is 1.93 bits per heavy atom. The van der Waals surface area contributed by atoms with Gasteiger partial charge in [0.2, 0.25) is 0 Å². The van der Waals surface area contributed by atoms with Gasteiger partial charge in [0.1, 0.15) is 11.5 Å². The summed E-state index contributed by atoms with van der Waals surface area (Å²) < 4.78 is 20.2. The summed E-state index contributed by atoms with van der Waals surface area (Å²) in [4.78, 5) is 31.4. The number of carbonyl (C=O) groups is 2.